The molecule has 0 aliphatic carbocycles. The molecule has 1 saturated heterocycles. The van der Waals surface area contributed by atoms with E-state index in [0.29, 0.717) is 25.1 Å². The molecule has 0 N–H and O–H groups in total. The first-order valence-electron chi connectivity index (χ1n) is 8.71. The van der Waals surface area contributed by atoms with Gasteiger partial charge in [-0.2, -0.15) is 0 Å². The number of pyridine rings is 1. The van der Waals surface area contributed by atoms with Crippen LogP contribution in [0.25, 0.3) is 0 Å². The van der Waals surface area contributed by atoms with Crippen LogP contribution in [0.4, 0.5) is 4.39 Å². The largest absolute Gasteiger partial charge is 0.465 e. The zero-order valence-electron chi connectivity index (χ0n) is 15.0. The minimum atomic E-state index is -0.461. The minimum absolute atomic E-state index is 0.0440. The first-order valence-corrected chi connectivity index (χ1v) is 9.08. The molecule has 0 radical (unpaired) electrons. The number of carbonyl (C=O) groups excluding carboxylic acids is 2. The highest BCUT2D eigenvalue weighted by molar-refractivity contribution is 6.31. The summed E-state index contributed by atoms with van der Waals surface area (Å²) in [7, 11) is 1.33. The summed E-state index contributed by atoms with van der Waals surface area (Å²) < 4.78 is 18.6. The molecule has 27 heavy (non-hydrogen) atoms. The Balaban J connectivity index is 1.60. The zero-order valence-corrected chi connectivity index (χ0v) is 15.7. The van der Waals surface area contributed by atoms with Crippen molar-refractivity contribution in [3.63, 3.8) is 0 Å². The van der Waals surface area contributed by atoms with E-state index in [1.54, 1.807) is 23.2 Å². The number of likely N-dealkylation sites (tertiary alicyclic amines) is 1. The SMILES string of the molecule is COC(=O)c1cncc(CC2CCN(C(=O)Cc3c(F)cccc3Cl)C2)c1. The number of rotatable bonds is 5. The van der Waals surface area contributed by atoms with Crippen LogP contribution in [0.1, 0.15) is 27.9 Å². The van der Waals surface area contributed by atoms with Crippen LogP contribution >= 0.6 is 11.6 Å². The van der Waals surface area contributed by atoms with Crippen molar-refractivity contribution < 1.29 is 18.7 Å². The van der Waals surface area contributed by atoms with Gasteiger partial charge in [-0.15, -0.1) is 0 Å². The van der Waals surface area contributed by atoms with Gasteiger partial charge in [-0.05, 0) is 42.5 Å². The van der Waals surface area contributed by atoms with Crippen LogP contribution in [-0.4, -0.2) is 42.0 Å². The fourth-order valence-corrected chi connectivity index (χ4v) is 3.58. The fraction of sp³-hybridized carbons (Fsp3) is 0.350. The average molecular weight is 391 g/mol. The Morgan fingerprint density at radius 1 is 1.37 bits per heavy atom. The number of hydrogen-bond acceptors (Lipinski definition) is 4. The third-order valence-electron chi connectivity index (χ3n) is 4.77. The highest BCUT2D eigenvalue weighted by Gasteiger charge is 2.27. The van der Waals surface area contributed by atoms with Crippen molar-refractivity contribution in [3.05, 3.63) is 64.2 Å². The number of nitrogens with zero attached hydrogens (tertiary/aromatic N) is 2. The normalized spacial score (nSPS) is 16.4. The molecule has 1 aromatic heterocycles. The number of methoxy groups -OCH3 is 1. The first kappa shape index (κ1) is 19.3. The second-order valence-corrected chi connectivity index (χ2v) is 7.06. The average Bonchev–Trinajstić information content (AvgIpc) is 3.13. The van der Waals surface area contributed by atoms with Crippen LogP contribution < -0.4 is 0 Å². The molecule has 0 spiro atoms. The smallest absolute Gasteiger partial charge is 0.339 e. The molecule has 2 aromatic rings. The van der Waals surface area contributed by atoms with Gasteiger partial charge in [-0.3, -0.25) is 9.78 Å². The lowest BCUT2D eigenvalue weighted by Gasteiger charge is -2.17. The van der Waals surface area contributed by atoms with E-state index in [2.05, 4.69) is 4.98 Å². The van der Waals surface area contributed by atoms with E-state index < -0.39 is 11.8 Å². The lowest BCUT2D eigenvalue weighted by Crippen LogP contribution is -2.30. The maximum Gasteiger partial charge on any atom is 0.339 e. The van der Waals surface area contributed by atoms with E-state index >= 15 is 0 Å². The summed E-state index contributed by atoms with van der Waals surface area (Å²) in [6.07, 6.45) is 4.70. The van der Waals surface area contributed by atoms with Gasteiger partial charge in [-0.1, -0.05) is 17.7 Å². The van der Waals surface area contributed by atoms with Crippen molar-refractivity contribution in [1.29, 1.82) is 0 Å². The summed E-state index contributed by atoms with van der Waals surface area (Å²) in [6.45, 7) is 1.22. The maximum atomic E-state index is 13.9. The van der Waals surface area contributed by atoms with Crippen LogP contribution in [-0.2, 0) is 22.4 Å². The predicted molar refractivity (Wildman–Crippen MR) is 99.1 cm³/mol. The number of amides is 1. The monoisotopic (exact) mass is 390 g/mol. The molecular weight excluding hydrogens is 371 g/mol. The summed E-state index contributed by atoms with van der Waals surface area (Å²) in [6, 6.07) is 6.18. The van der Waals surface area contributed by atoms with Crippen molar-refractivity contribution in [2.45, 2.75) is 19.3 Å². The molecule has 1 amide bonds. The lowest BCUT2D eigenvalue weighted by atomic mass is 9.99. The van der Waals surface area contributed by atoms with Crippen molar-refractivity contribution >= 4 is 23.5 Å². The molecule has 7 heteroatoms. The number of ether oxygens (including phenoxy) is 1. The van der Waals surface area contributed by atoms with Gasteiger partial charge in [0.25, 0.3) is 0 Å². The van der Waals surface area contributed by atoms with Crippen molar-refractivity contribution in [2.24, 2.45) is 5.92 Å². The van der Waals surface area contributed by atoms with E-state index in [-0.39, 0.29) is 28.8 Å². The predicted octanol–water partition coefficient (Wildman–Crippen LogP) is 3.29. The maximum absolute atomic E-state index is 13.9. The molecule has 1 fully saturated rings. The standard InChI is InChI=1S/C20H20ClFN2O3/c1-27-20(26)15-8-14(10-23-11-15)7-13-5-6-24(12-13)19(25)9-16-17(21)3-2-4-18(16)22/h2-4,8,10-11,13H,5-7,9,12H2,1H3. The summed E-state index contributed by atoms with van der Waals surface area (Å²) in [5, 5.41) is 0.268. The van der Waals surface area contributed by atoms with Gasteiger partial charge >= 0.3 is 5.97 Å². The number of esters is 1. The van der Waals surface area contributed by atoms with E-state index in [4.69, 9.17) is 16.3 Å². The Kier molecular flexibility index (Phi) is 6.06. The lowest BCUT2D eigenvalue weighted by molar-refractivity contribution is -0.129. The number of aromatic nitrogens is 1. The van der Waals surface area contributed by atoms with Gasteiger partial charge in [0.05, 0.1) is 19.1 Å². The zero-order chi connectivity index (χ0) is 19.4. The fourth-order valence-electron chi connectivity index (χ4n) is 3.35. The highest BCUT2D eigenvalue weighted by atomic mass is 35.5. The molecule has 1 atom stereocenters. The quantitative estimate of drug-likeness (QED) is 0.735. The Morgan fingerprint density at radius 3 is 2.93 bits per heavy atom. The number of benzene rings is 1. The van der Waals surface area contributed by atoms with E-state index in [1.165, 1.54) is 25.4 Å². The van der Waals surface area contributed by atoms with Crippen molar-refractivity contribution in [3.8, 4) is 0 Å². The Labute approximate surface area is 162 Å². The van der Waals surface area contributed by atoms with Gasteiger partial charge in [0.2, 0.25) is 5.91 Å². The van der Waals surface area contributed by atoms with Gasteiger partial charge < -0.3 is 9.64 Å². The van der Waals surface area contributed by atoms with E-state index in [9.17, 15) is 14.0 Å². The molecule has 0 saturated carbocycles. The van der Waals surface area contributed by atoms with Crippen LogP contribution in [0.2, 0.25) is 5.02 Å². The van der Waals surface area contributed by atoms with E-state index in [0.717, 1.165) is 12.0 Å². The summed E-state index contributed by atoms with van der Waals surface area (Å²) in [5.41, 5.74) is 1.58. The molecule has 0 bridgehead atoms. The summed E-state index contributed by atoms with van der Waals surface area (Å²) >= 11 is 6.01. The second kappa shape index (κ2) is 8.48. The van der Waals surface area contributed by atoms with Gasteiger partial charge in [0, 0.05) is 36.1 Å². The van der Waals surface area contributed by atoms with Crippen LogP contribution in [0.15, 0.2) is 36.7 Å². The first-order chi connectivity index (χ1) is 13.0. The molecule has 1 aliphatic heterocycles. The van der Waals surface area contributed by atoms with Crippen LogP contribution in [0, 0.1) is 11.7 Å². The Morgan fingerprint density at radius 2 is 2.19 bits per heavy atom. The molecule has 1 unspecified atom stereocenters. The summed E-state index contributed by atoms with van der Waals surface area (Å²) in [5.74, 6) is -0.752. The Bertz CT molecular complexity index is 839. The van der Waals surface area contributed by atoms with Crippen LogP contribution in [0.3, 0.4) is 0 Å². The molecule has 1 aromatic carbocycles. The van der Waals surface area contributed by atoms with Crippen molar-refractivity contribution in [1.82, 2.24) is 9.88 Å². The molecule has 2 heterocycles. The minimum Gasteiger partial charge on any atom is -0.465 e. The number of hydrogen-bond donors (Lipinski definition) is 0. The van der Waals surface area contributed by atoms with Gasteiger partial charge in [-0.25, -0.2) is 9.18 Å². The highest BCUT2D eigenvalue weighted by Crippen LogP contribution is 2.24. The van der Waals surface area contributed by atoms with Gasteiger partial charge in [0.15, 0.2) is 0 Å². The Hall–Kier alpha value is -2.47. The van der Waals surface area contributed by atoms with Crippen LogP contribution in [0.5, 0.6) is 0 Å². The third-order valence-corrected chi connectivity index (χ3v) is 5.12. The third kappa shape index (κ3) is 4.63. The molecule has 142 valence electrons. The van der Waals surface area contributed by atoms with Crippen molar-refractivity contribution in [2.75, 3.05) is 20.2 Å². The van der Waals surface area contributed by atoms with E-state index in [1.807, 2.05) is 0 Å². The molecular formula is C20H20ClFN2O3. The summed E-state index contributed by atoms with van der Waals surface area (Å²) in [4.78, 5) is 30.0. The molecule has 3 rings (SSSR count). The number of halogens is 2. The molecule has 1 aliphatic rings. The second-order valence-electron chi connectivity index (χ2n) is 6.65. The molecule has 5 nitrogen and oxygen atoms in total. The number of carbonyl (C=O) groups is 2. The van der Waals surface area contributed by atoms with Gasteiger partial charge in [0.1, 0.15) is 5.82 Å². The topological polar surface area (TPSA) is 59.5 Å².